The third kappa shape index (κ3) is 4.40. The topological polar surface area (TPSA) is 47.0 Å². The van der Waals surface area contributed by atoms with Gasteiger partial charge in [-0.1, -0.05) is 37.4 Å². The summed E-state index contributed by atoms with van der Waals surface area (Å²) in [6, 6.07) is 7.59. The van der Waals surface area contributed by atoms with Crippen LogP contribution >= 0.6 is 35.2 Å². The molecule has 0 fully saturated rings. The Kier molecular flexibility index (Phi) is 6.33. The summed E-state index contributed by atoms with van der Waals surface area (Å²) in [5.74, 6) is 1.41. The highest BCUT2D eigenvalue weighted by Gasteiger charge is 2.28. The molecule has 2 aromatic rings. The number of methoxy groups -OCH3 is 1. The number of alkyl halides is 1. The highest BCUT2D eigenvalue weighted by atomic mass is 35.5. The lowest BCUT2D eigenvalue weighted by atomic mass is 9.85. The molecular weight excluding hydrogens is 350 g/mol. The van der Waals surface area contributed by atoms with E-state index in [4.69, 9.17) is 28.6 Å². The first-order valence-corrected chi connectivity index (χ1v) is 9.13. The summed E-state index contributed by atoms with van der Waals surface area (Å²) in [6.07, 6.45) is 1.85. The Labute approximate surface area is 151 Å². The van der Waals surface area contributed by atoms with Gasteiger partial charge >= 0.3 is 0 Å². The number of aromatic nitrogens is 2. The lowest BCUT2D eigenvalue weighted by molar-refractivity contribution is 0.415. The third-order valence-corrected chi connectivity index (χ3v) is 5.61. The van der Waals surface area contributed by atoms with E-state index < -0.39 is 0 Å². The largest absolute Gasteiger partial charge is 0.497 e. The first-order chi connectivity index (χ1) is 11.0. The first-order valence-electron chi connectivity index (χ1n) is 7.37. The Hall–Kier alpha value is -1.24. The first kappa shape index (κ1) is 18.1. The molecule has 1 aromatic heterocycles. The zero-order chi connectivity index (χ0) is 16.9. The summed E-state index contributed by atoms with van der Waals surface area (Å²) in [5, 5.41) is 13.4. The Bertz CT molecular complexity index is 660. The van der Waals surface area contributed by atoms with Crippen molar-refractivity contribution < 1.29 is 4.74 Å². The lowest BCUT2D eigenvalue weighted by Gasteiger charge is -2.23. The van der Waals surface area contributed by atoms with Crippen molar-refractivity contribution in [2.45, 2.75) is 32.1 Å². The van der Waals surface area contributed by atoms with Crippen molar-refractivity contribution in [3.05, 3.63) is 34.8 Å². The van der Waals surface area contributed by atoms with Crippen LogP contribution < -0.4 is 10.1 Å². The number of nitrogens with one attached hydrogen (secondary N) is 1. The number of benzene rings is 1. The maximum Gasteiger partial charge on any atom is 0.210 e. The molecular formula is C16H20ClN3OS2. The van der Waals surface area contributed by atoms with Crippen molar-refractivity contribution in [1.82, 2.24) is 10.2 Å². The van der Waals surface area contributed by atoms with E-state index in [9.17, 15) is 0 Å². The summed E-state index contributed by atoms with van der Waals surface area (Å²) >= 11 is 12.9. The maximum absolute atomic E-state index is 5.92. The minimum absolute atomic E-state index is 0.0406. The van der Waals surface area contributed by atoms with Crippen LogP contribution in [0.5, 0.6) is 5.75 Å². The van der Waals surface area contributed by atoms with E-state index in [-0.39, 0.29) is 5.41 Å². The van der Waals surface area contributed by atoms with E-state index in [2.05, 4.69) is 29.4 Å². The van der Waals surface area contributed by atoms with Crippen LogP contribution in [-0.2, 0) is 5.41 Å². The molecule has 0 radical (unpaired) electrons. The molecule has 1 N–H and O–H groups in total. The molecule has 0 saturated heterocycles. The zero-order valence-corrected chi connectivity index (χ0v) is 15.8. The van der Waals surface area contributed by atoms with E-state index in [0.29, 0.717) is 16.0 Å². The van der Waals surface area contributed by atoms with Crippen LogP contribution in [0.3, 0.4) is 0 Å². The molecule has 0 saturated carbocycles. The van der Waals surface area contributed by atoms with Gasteiger partial charge in [-0.2, -0.15) is 0 Å². The number of ether oxygens (including phenoxy) is 1. The van der Waals surface area contributed by atoms with Crippen LogP contribution in [0.2, 0.25) is 0 Å². The SMILES string of the molecule is CCC(C)(CCCl)c1nnc(NC(=S)c2ccc(OC)cc2)s1. The van der Waals surface area contributed by atoms with E-state index in [0.717, 1.165) is 29.2 Å². The van der Waals surface area contributed by atoms with Gasteiger partial charge in [-0.15, -0.1) is 21.8 Å². The summed E-state index contributed by atoms with van der Waals surface area (Å²) < 4.78 is 5.15. The highest BCUT2D eigenvalue weighted by Crippen LogP contribution is 2.35. The van der Waals surface area contributed by atoms with E-state index in [1.54, 1.807) is 7.11 Å². The van der Waals surface area contributed by atoms with Crippen LogP contribution in [0.4, 0.5) is 5.13 Å². The average Bonchev–Trinajstić information content (AvgIpc) is 3.04. The van der Waals surface area contributed by atoms with Crippen LogP contribution in [0.15, 0.2) is 24.3 Å². The van der Waals surface area contributed by atoms with Gasteiger partial charge in [0.2, 0.25) is 5.13 Å². The molecule has 1 aromatic carbocycles. The van der Waals surface area contributed by atoms with Crippen LogP contribution in [0, 0.1) is 0 Å². The van der Waals surface area contributed by atoms with Crippen LogP contribution in [-0.4, -0.2) is 28.2 Å². The molecule has 0 spiro atoms. The van der Waals surface area contributed by atoms with Gasteiger partial charge in [0, 0.05) is 16.9 Å². The molecule has 1 atom stereocenters. The molecule has 1 heterocycles. The summed E-state index contributed by atoms with van der Waals surface area (Å²) in [4.78, 5) is 0.617. The van der Waals surface area contributed by atoms with Crippen molar-refractivity contribution >= 4 is 45.3 Å². The second-order valence-corrected chi connectivity index (χ2v) is 7.21. The quantitative estimate of drug-likeness (QED) is 0.569. The molecule has 1 unspecified atom stereocenters. The minimum Gasteiger partial charge on any atom is -0.497 e. The van der Waals surface area contributed by atoms with E-state index >= 15 is 0 Å². The van der Waals surface area contributed by atoms with Gasteiger partial charge in [0.25, 0.3) is 0 Å². The number of rotatable bonds is 7. The highest BCUT2D eigenvalue weighted by molar-refractivity contribution is 7.81. The average molecular weight is 370 g/mol. The predicted molar refractivity (Wildman–Crippen MR) is 101 cm³/mol. The van der Waals surface area contributed by atoms with Crippen molar-refractivity contribution in [1.29, 1.82) is 0 Å². The van der Waals surface area contributed by atoms with Gasteiger partial charge in [-0.05, 0) is 37.1 Å². The zero-order valence-electron chi connectivity index (χ0n) is 13.4. The van der Waals surface area contributed by atoms with Crippen molar-refractivity contribution in [3.8, 4) is 5.75 Å². The second-order valence-electron chi connectivity index (χ2n) is 5.45. The Morgan fingerprint density at radius 2 is 2.04 bits per heavy atom. The van der Waals surface area contributed by atoms with Gasteiger partial charge in [0.15, 0.2) is 0 Å². The third-order valence-electron chi connectivity index (χ3n) is 3.94. The van der Waals surface area contributed by atoms with Gasteiger partial charge in [0.1, 0.15) is 15.7 Å². The molecule has 0 aliphatic rings. The predicted octanol–water partition coefficient (Wildman–Crippen LogP) is 4.63. The van der Waals surface area contributed by atoms with E-state index in [1.807, 2.05) is 24.3 Å². The fourth-order valence-electron chi connectivity index (χ4n) is 2.07. The van der Waals surface area contributed by atoms with Crippen molar-refractivity contribution in [2.75, 3.05) is 18.3 Å². The molecule has 23 heavy (non-hydrogen) atoms. The van der Waals surface area contributed by atoms with Crippen molar-refractivity contribution in [2.24, 2.45) is 0 Å². The summed E-state index contributed by atoms with van der Waals surface area (Å²) in [6.45, 7) is 4.31. The van der Waals surface area contributed by atoms with Gasteiger partial charge in [-0.3, -0.25) is 0 Å². The minimum atomic E-state index is -0.0406. The van der Waals surface area contributed by atoms with Gasteiger partial charge in [-0.25, -0.2) is 0 Å². The second kappa shape index (κ2) is 8.04. The molecule has 0 bridgehead atoms. The number of nitrogens with zero attached hydrogens (tertiary/aromatic N) is 2. The van der Waals surface area contributed by atoms with Crippen molar-refractivity contribution in [3.63, 3.8) is 0 Å². The van der Waals surface area contributed by atoms with Crippen LogP contribution in [0.25, 0.3) is 0 Å². The summed E-state index contributed by atoms with van der Waals surface area (Å²) in [7, 11) is 1.64. The van der Waals surface area contributed by atoms with Crippen LogP contribution in [0.1, 0.15) is 37.3 Å². The van der Waals surface area contributed by atoms with Gasteiger partial charge in [0.05, 0.1) is 7.11 Å². The monoisotopic (exact) mass is 369 g/mol. The number of anilines is 1. The Morgan fingerprint density at radius 1 is 1.35 bits per heavy atom. The molecule has 0 amide bonds. The molecule has 124 valence electrons. The lowest BCUT2D eigenvalue weighted by Crippen LogP contribution is -2.21. The number of thiocarbonyl (C=S) groups is 1. The molecule has 2 rings (SSSR count). The fraction of sp³-hybridized carbons (Fsp3) is 0.438. The Balaban J connectivity index is 2.10. The maximum atomic E-state index is 5.92. The van der Waals surface area contributed by atoms with E-state index in [1.165, 1.54) is 11.3 Å². The Morgan fingerprint density at radius 3 is 2.61 bits per heavy atom. The normalized spacial score (nSPS) is 13.4. The van der Waals surface area contributed by atoms with Gasteiger partial charge < -0.3 is 10.1 Å². The molecule has 4 nitrogen and oxygen atoms in total. The fourth-order valence-corrected chi connectivity index (χ4v) is 3.78. The number of halogens is 1. The number of hydrogen-bond donors (Lipinski definition) is 1. The molecule has 0 aliphatic heterocycles. The number of hydrogen-bond acceptors (Lipinski definition) is 5. The standard InChI is InChI=1S/C16H20ClN3OS2/c1-4-16(2,9-10-17)14-19-20-15(23-14)18-13(22)11-5-7-12(21-3)8-6-11/h5-8H,4,9-10H2,1-3H3,(H,18,20,22). The summed E-state index contributed by atoms with van der Waals surface area (Å²) in [5.41, 5.74) is 0.873. The smallest absolute Gasteiger partial charge is 0.210 e. The molecule has 0 aliphatic carbocycles. The molecule has 7 heteroatoms.